The predicted octanol–water partition coefficient (Wildman–Crippen LogP) is 3.54. The van der Waals surface area contributed by atoms with Crippen molar-refractivity contribution in [2.75, 3.05) is 31.5 Å². The van der Waals surface area contributed by atoms with Gasteiger partial charge in [0.05, 0.1) is 26.5 Å². The molecule has 5 N–H and O–H groups in total. The molecule has 11 nitrogen and oxygen atoms in total. The number of rotatable bonds is 10. The molecule has 1 atom stereocenters. The van der Waals surface area contributed by atoms with Crippen molar-refractivity contribution >= 4 is 40.6 Å². The standard InChI is InChI=1S/C27H33N5O6S/c1-7-38-17-11-9-16(10-12-17)32(26(35)23-20(28)21(24(29)33)31-39-23)22(25(34)30-27(2,3)4)15-8-13-18(36-5)19(14-15)37-6/h8-14,22H,7,28H2,1-6H3,(H2,29,33)(H,30,34). The molecule has 0 saturated carbocycles. The molecule has 0 fully saturated rings. The Morgan fingerprint density at radius 2 is 1.69 bits per heavy atom. The Kier molecular flexibility index (Phi) is 9.02. The third kappa shape index (κ3) is 6.58. The monoisotopic (exact) mass is 555 g/mol. The van der Waals surface area contributed by atoms with Gasteiger partial charge in [0.25, 0.3) is 11.8 Å². The van der Waals surface area contributed by atoms with Gasteiger partial charge in [-0.25, -0.2) is 0 Å². The first-order chi connectivity index (χ1) is 18.4. The number of hydrogen-bond donors (Lipinski definition) is 3. The van der Waals surface area contributed by atoms with Crippen molar-refractivity contribution in [1.29, 1.82) is 0 Å². The highest BCUT2D eigenvalue weighted by Gasteiger charge is 2.37. The van der Waals surface area contributed by atoms with Crippen molar-refractivity contribution in [2.45, 2.75) is 39.3 Å². The Morgan fingerprint density at radius 3 is 2.21 bits per heavy atom. The Bertz CT molecular complexity index is 1350. The van der Waals surface area contributed by atoms with Crippen LogP contribution in [0.4, 0.5) is 11.4 Å². The smallest absolute Gasteiger partial charge is 0.273 e. The van der Waals surface area contributed by atoms with Gasteiger partial charge in [0.1, 0.15) is 16.7 Å². The minimum Gasteiger partial charge on any atom is -0.494 e. The summed E-state index contributed by atoms with van der Waals surface area (Å²) in [5, 5.41) is 2.96. The third-order valence-electron chi connectivity index (χ3n) is 5.53. The van der Waals surface area contributed by atoms with Crippen LogP contribution in [0.15, 0.2) is 42.5 Å². The molecule has 3 amide bonds. The van der Waals surface area contributed by atoms with E-state index in [9.17, 15) is 14.4 Å². The molecule has 0 bridgehead atoms. The molecular formula is C27H33N5O6S. The SMILES string of the molecule is CCOc1ccc(N(C(=O)c2snc(C(N)=O)c2N)C(C(=O)NC(C)(C)C)c2ccc(OC)c(OC)c2)cc1. The van der Waals surface area contributed by atoms with Crippen LogP contribution in [0.25, 0.3) is 0 Å². The zero-order valence-corrected chi connectivity index (χ0v) is 23.5. The topological polar surface area (TPSA) is 159 Å². The van der Waals surface area contributed by atoms with E-state index < -0.39 is 29.3 Å². The number of ether oxygens (including phenoxy) is 3. The Hall–Kier alpha value is -4.32. The second kappa shape index (κ2) is 12.0. The minimum atomic E-state index is -1.19. The van der Waals surface area contributed by atoms with Gasteiger partial charge in [-0.2, -0.15) is 4.37 Å². The molecule has 0 saturated heterocycles. The number of aromatic nitrogens is 1. The van der Waals surface area contributed by atoms with Crippen molar-refractivity contribution in [2.24, 2.45) is 5.73 Å². The van der Waals surface area contributed by atoms with E-state index in [4.69, 9.17) is 25.7 Å². The molecular weight excluding hydrogens is 522 g/mol. The Balaban J connectivity index is 2.28. The average molecular weight is 556 g/mol. The van der Waals surface area contributed by atoms with Gasteiger partial charge in [0.2, 0.25) is 5.91 Å². The van der Waals surface area contributed by atoms with Gasteiger partial charge in [-0.05, 0) is 81.2 Å². The third-order valence-corrected chi connectivity index (χ3v) is 6.38. The number of carbonyl (C=O) groups is 3. The number of anilines is 2. The number of benzene rings is 2. The maximum absolute atomic E-state index is 14.2. The maximum Gasteiger partial charge on any atom is 0.273 e. The van der Waals surface area contributed by atoms with Gasteiger partial charge in [-0.1, -0.05) is 6.07 Å². The molecule has 208 valence electrons. The summed E-state index contributed by atoms with van der Waals surface area (Å²) >= 11 is 0.730. The number of nitrogens with two attached hydrogens (primary N) is 2. The first-order valence-electron chi connectivity index (χ1n) is 12.1. The molecule has 0 aliphatic carbocycles. The predicted molar refractivity (Wildman–Crippen MR) is 150 cm³/mol. The lowest BCUT2D eigenvalue weighted by Crippen LogP contribution is -2.49. The molecule has 12 heteroatoms. The van der Waals surface area contributed by atoms with Crippen LogP contribution in [0.3, 0.4) is 0 Å². The fourth-order valence-electron chi connectivity index (χ4n) is 3.87. The fraction of sp³-hybridized carbons (Fsp3) is 0.333. The summed E-state index contributed by atoms with van der Waals surface area (Å²) < 4.78 is 20.4. The number of methoxy groups -OCH3 is 2. The molecule has 1 aromatic heterocycles. The fourth-order valence-corrected chi connectivity index (χ4v) is 4.61. The van der Waals surface area contributed by atoms with Gasteiger partial charge in [-0.3, -0.25) is 19.3 Å². The van der Waals surface area contributed by atoms with Crippen LogP contribution in [0.1, 0.15) is 59.5 Å². The van der Waals surface area contributed by atoms with Gasteiger partial charge in [0.15, 0.2) is 17.2 Å². The van der Waals surface area contributed by atoms with E-state index in [2.05, 4.69) is 9.69 Å². The number of nitrogens with zero attached hydrogens (tertiary/aromatic N) is 2. The van der Waals surface area contributed by atoms with E-state index in [1.807, 2.05) is 27.7 Å². The highest BCUT2D eigenvalue weighted by Crippen LogP contribution is 2.37. The lowest BCUT2D eigenvalue weighted by molar-refractivity contribution is -0.123. The van der Waals surface area contributed by atoms with Crippen molar-refractivity contribution < 1.29 is 28.6 Å². The second-order valence-electron chi connectivity index (χ2n) is 9.50. The van der Waals surface area contributed by atoms with Crippen LogP contribution in [-0.4, -0.2) is 48.5 Å². The van der Waals surface area contributed by atoms with Gasteiger partial charge in [-0.15, -0.1) is 0 Å². The van der Waals surface area contributed by atoms with E-state index in [0.29, 0.717) is 35.1 Å². The van der Waals surface area contributed by atoms with Crippen molar-refractivity contribution in [1.82, 2.24) is 9.69 Å². The lowest BCUT2D eigenvalue weighted by atomic mass is 9.99. The van der Waals surface area contributed by atoms with Gasteiger partial charge in [0, 0.05) is 11.2 Å². The molecule has 3 rings (SSSR count). The number of primary amides is 1. The molecule has 1 heterocycles. The lowest BCUT2D eigenvalue weighted by Gasteiger charge is -2.34. The number of amides is 3. The number of nitrogens with one attached hydrogen (secondary N) is 1. The van der Waals surface area contributed by atoms with Crippen LogP contribution in [0.5, 0.6) is 17.2 Å². The molecule has 0 aliphatic heterocycles. The summed E-state index contributed by atoms with van der Waals surface area (Å²) in [5.74, 6) is -0.564. The van der Waals surface area contributed by atoms with E-state index in [-0.39, 0.29) is 16.3 Å². The molecule has 0 aliphatic rings. The van der Waals surface area contributed by atoms with Crippen LogP contribution in [-0.2, 0) is 4.79 Å². The van der Waals surface area contributed by atoms with Crippen LogP contribution in [0, 0.1) is 0 Å². The molecule has 2 aromatic carbocycles. The molecule has 1 unspecified atom stereocenters. The summed E-state index contributed by atoms with van der Waals surface area (Å²) in [6, 6.07) is 10.5. The number of hydrogen-bond acceptors (Lipinski definition) is 9. The Labute approximate surface area is 231 Å². The van der Waals surface area contributed by atoms with Crippen molar-refractivity contribution in [3.63, 3.8) is 0 Å². The maximum atomic E-state index is 14.2. The minimum absolute atomic E-state index is 0.0354. The zero-order valence-electron chi connectivity index (χ0n) is 22.7. The first-order valence-corrected chi connectivity index (χ1v) is 12.8. The summed E-state index contributed by atoms with van der Waals surface area (Å²) in [4.78, 5) is 41.2. The van der Waals surface area contributed by atoms with E-state index in [1.54, 1.807) is 42.5 Å². The number of carbonyl (C=O) groups excluding carboxylic acids is 3. The first kappa shape index (κ1) is 29.2. The van der Waals surface area contributed by atoms with E-state index in [0.717, 1.165) is 11.5 Å². The van der Waals surface area contributed by atoms with Gasteiger partial charge < -0.3 is 31.0 Å². The van der Waals surface area contributed by atoms with Crippen LogP contribution in [0.2, 0.25) is 0 Å². The largest absolute Gasteiger partial charge is 0.494 e. The van der Waals surface area contributed by atoms with Crippen LogP contribution < -0.4 is 35.9 Å². The highest BCUT2D eigenvalue weighted by atomic mass is 32.1. The van der Waals surface area contributed by atoms with Crippen molar-refractivity contribution in [3.05, 3.63) is 58.6 Å². The summed E-state index contributed by atoms with van der Waals surface area (Å²) in [7, 11) is 2.98. The summed E-state index contributed by atoms with van der Waals surface area (Å²) in [5.41, 5.74) is 11.3. The molecule has 0 spiro atoms. The Morgan fingerprint density at radius 1 is 1.05 bits per heavy atom. The number of nitrogen functional groups attached to an aromatic ring is 1. The quantitative estimate of drug-likeness (QED) is 0.343. The summed E-state index contributed by atoms with van der Waals surface area (Å²) in [6.45, 7) is 7.81. The van der Waals surface area contributed by atoms with E-state index in [1.165, 1.54) is 19.1 Å². The van der Waals surface area contributed by atoms with Gasteiger partial charge >= 0.3 is 0 Å². The van der Waals surface area contributed by atoms with E-state index >= 15 is 0 Å². The molecule has 39 heavy (non-hydrogen) atoms. The molecule has 3 aromatic rings. The molecule has 0 radical (unpaired) electrons. The summed E-state index contributed by atoms with van der Waals surface area (Å²) in [6.07, 6.45) is 0. The zero-order chi connectivity index (χ0) is 28.9. The van der Waals surface area contributed by atoms with Crippen LogP contribution >= 0.6 is 11.5 Å². The normalized spacial score (nSPS) is 11.8. The highest BCUT2D eigenvalue weighted by molar-refractivity contribution is 7.09. The second-order valence-corrected chi connectivity index (χ2v) is 10.3. The van der Waals surface area contributed by atoms with Crippen molar-refractivity contribution in [3.8, 4) is 17.2 Å². The average Bonchev–Trinajstić information content (AvgIpc) is 3.27.